The van der Waals surface area contributed by atoms with Crippen molar-refractivity contribution in [2.45, 2.75) is 26.9 Å². The average Bonchev–Trinajstić information content (AvgIpc) is 3.44. The molecule has 1 aromatic carbocycles. The van der Waals surface area contributed by atoms with E-state index in [4.69, 9.17) is 14.2 Å². The van der Waals surface area contributed by atoms with Crippen LogP contribution in [0.2, 0.25) is 0 Å². The SMILES string of the molecule is CCOC(=O)c1sc(NC(=O)c2nn3c(C(F)(F)F)cc(-c4ccc(OC)cc4)nc3c2Br)c(C(=O)OCC)c1C. The number of nitrogens with zero attached hydrogens (tertiary/aromatic N) is 3. The number of amides is 1. The number of hydrogen-bond acceptors (Lipinski definition) is 9. The molecule has 0 radical (unpaired) electrons. The number of aromatic nitrogens is 3. The van der Waals surface area contributed by atoms with Crippen LogP contribution in [0.15, 0.2) is 34.8 Å². The maximum atomic E-state index is 14.1. The zero-order valence-electron chi connectivity index (χ0n) is 22.0. The van der Waals surface area contributed by atoms with Crippen molar-refractivity contribution in [2.24, 2.45) is 0 Å². The van der Waals surface area contributed by atoms with Crippen LogP contribution in [-0.2, 0) is 15.7 Å². The standard InChI is InChI=1S/C26H22BrF3N4O6S/c1-5-39-24(36)17-12(3)20(25(37)40-6-2)41-23(17)32-22(35)19-18(27)21-31-15(13-7-9-14(38-4)10-8-13)11-16(26(28,29)30)34(21)33-19/h7-11H,5-6H2,1-4H3,(H,32,35). The fourth-order valence-electron chi connectivity index (χ4n) is 3.85. The van der Waals surface area contributed by atoms with Gasteiger partial charge in [0.05, 0.1) is 36.1 Å². The molecule has 0 saturated heterocycles. The molecule has 0 aliphatic carbocycles. The Kier molecular flexibility index (Phi) is 8.68. The molecule has 4 aromatic rings. The van der Waals surface area contributed by atoms with Gasteiger partial charge in [0.2, 0.25) is 0 Å². The van der Waals surface area contributed by atoms with Crippen LogP contribution in [0.5, 0.6) is 5.75 Å². The van der Waals surface area contributed by atoms with E-state index in [0.29, 0.717) is 15.8 Å². The number of halogens is 4. The van der Waals surface area contributed by atoms with Crippen molar-refractivity contribution in [2.75, 3.05) is 25.6 Å². The largest absolute Gasteiger partial charge is 0.497 e. The monoisotopic (exact) mass is 654 g/mol. The first-order valence-electron chi connectivity index (χ1n) is 12.0. The minimum absolute atomic E-state index is 0.0161. The van der Waals surface area contributed by atoms with Crippen molar-refractivity contribution in [3.05, 3.63) is 62.2 Å². The third-order valence-corrected chi connectivity index (χ3v) is 7.66. The van der Waals surface area contributed by atoms with Gasteiger partial charge in [-0.1, -0.05) is 0 Å². The number of esters is 2. The Morgan fingerprint density at radius 3 is 2.29 bits per heavy atom. The number of ether oxygens (including phenoxy) is 3. The summed E-state index contributed by atoms with van der Waals surface area (Å²) in [5.74, 6) is -1.96. The summed E-state index contributed by atoms with van der Waals surface area (Å²) in [6.07, 6.45) is -4.85. The van der Waals surface area contributed by atoms with E-state index in [1.807, 2.05) is 0 Å². The molecule has 0 fully saturated rings. The van der Waals surface area contributed by atoms with Gasteiger partial charge >= 0.3 is 18.1 Å². The molecule has 1 N–H and O–H groups in total. The van der Waals surface area contributed by atoms with Gasteiger partial charge in [0.1, 0.15) is 15.6 Å². The van der Waals surface area contributed by atoms with E-state index in [-0.39, 0.29) is 50.0 Å². The van der Waals surface area contributed by atoms with Crippen molar-refractivity contribution >= 4 is 55.8 Å². The minimum Gasteiger partial charge on any atom is -0.497 e. The summed E-state index contributed by atoms with van der Waals surface area (Å²) in [4.78, 5) is 42.8. The molecule has 0 aliphatic rings. The number of benzene rings is 1. The first-order chi connectivity index (χ1) is 19.4. The number of nitrogens with one attached hydrogen (secondary N) is 1. The molecule has 41 heavy (non-hydrogen) atoms. The second-order valence-electron chi connectivity index (χ2n) is 8.31. The van der Waals surface area contributed by atoms with Crippen LogP contribution in [0.1, 0.15) is 55.6 Å². The van der Waals surface area contributed by atoms with Crippen LogP contribution < -0.4 is 10.1 Å². The number of methoxy groups -OCH3 is 1. The molecule has 0 atom stereocenters. The number of anilines is 1. The lowest BCUT2D eigenvalue weighted by Crippen LogP contribution is -2.17. The highest BCUT2D eigenvalue weighted by atomic mass is 79.9. The van der Waals surface area contributed by atoms with Crippen LogP contribution >= 0.6 is 27.3 Å². The smallest absolute Gasteiger partial charge is 0.433 e. The van der Waals surface area contributed by atoms with E-state index in [1.165, 1.54) is 14.0 Å². The van der Waals surface area contributed by atoms with Gasteiger partial charge < -0.3 is 19.5 Å². The molecule has 0 bridgehead atoms. The van der Waals surface area contributed by atoms with Gasteiger partial charge in [-0.25, -0.2) is 19.1 Å². The van der Waals surface area contributed by atoms with Crippen LogP contribution in [0.25, 0.3) is 16.9 Å². The molecule has 1 amide bonds. The van der Waals surface area contributed by atoms with Gasteiger partial charge in [-0.3, -0.25) is 4.79 Å². The lowest BCUT2D eigenvalue weighted by atomic mass is 10.1. The Morgan fingerprint density at radius 2 is 1.71 bits per heavy atom. The molecule has 0 aliphatic heterocycles. The van der Waals surface area contributed by atoms with Gasteiger partial charge in [-0.05, 0) is 72.6 Å². The number of fused-ring (bicyclic) bond motifs is 1. The summed E-state index contributed by atoms with van der Waals surface area (Å²) in [7, 11) is 1.46. The normalized spacial score (nSPS) is 11.4. The number of alkyl halides is 3. The molecule has 4 rings (SSSR count). The minimum atomic E-state index is -4.85. The van der Waals surface area contributed by atoms with E-state index in [0.717, 1.165) is 17.4 Å². The third kappa shape index (κ3) is 5.91. The highest BCUT2D eigenvalue weighted by Crippen LogP contribution is 2.37. The summed E-state index contributed by atoms with van der Waals surface area (Å²) in [6, 6.07) is 7.07. The van der Waals surface area contributed by atoms with E-state index < -0.39 is 35.4 Å². The number of thiophene rings is 1. The predicted octanol–water partition coefficient (Wildman–Crippen LogP) is 6.16. The summed E-state index contributed by atoms with van der Waals surface area (Å²) >= 11 is 3.95. The second kappa shape index (κ2) is 11.9. The molecule has 0 unspecified atom stereocenters. The second-order valence-corrected chi connectivity index (χ2v) is 10.1. The first kappa shape index (κ1) is 30.0. The molecule has 0 spiro atoms. The molecule has 10 nitrogen and oxygen atoms in total. The van der Waals surface area contributed by atoms with Crippen LogP contribution in [0, 0.1) is 6.92 Å². The Bertz CT molecular complexity index is 1650. The lowest BCUT2D eigenvalue weighted by Gasteiger charge is -2.11. The van der Waals surface area contributed by atoms with Crippen molar-refractivity contribution < 1.29 is 41.8 Å². The van der Waals surface area contributed by atoms with Gasteiger partial charge in [-0.15, -0.1) is 11.3 Å². The Labute approximate surface area is 243 Å². The predicted molar refractivity (Wildman–Crippen MR) is 147 cm³/mol. The summed E-state index contributed by atoms with van der Waals surface area (Å²) < 4.78 is 57.9. The number of rotatable bonds is 8. The highest BCUT2D eigenvalue weighted by molar-refractivity contribution is 9.10. The molecular weight excluding hydrogens is 633 g/mol. The Hall–Kier alpha value is -3.98. The Morgan fingerprint density at radius 1 is 1.07 bits per heavy atom. The third-order valence-electron chi connectivity index (χ3n) is 5.74. The molecule has 216 valence electrons. The average molecular weight is 655 g/mol. The van der Waals surface area contributed by atoms with E-state index in [2.05, 4.69) is 31.3 Å². The number of hydrogen-bond donors (Lipinski definition) is 1. The van der Waals surface area contributed by atoms with E-state index >= 15 is 0 Å². The molecule has 0 saturated carbocycles. The van der Waals surface area contributed by atoms with Crippen LogP contribution in [0.3, 0.4) is 0 Å². The van der Waals surface area contributed by atoms with E-state index in [9.17, 15) is 27.6 Å². The fraction of sp³-hybridized carbons (Fsp3) is 0.269. The van der Waals surface area contributed by atoms with Crippen molar-refractivity contribution in [1.82, 2.24) is 14.6 Å². The van der Waals surface area contributed by atoms with Gasteiger partial charge in [0, 0.05) is 5.56 Å². The van der Waals surface area contributed by atoms with Gasteiger partial charge in [-0.2, -0.15) is 18.3 Å². The van der Waals surface area contributed by atoms with Gasteiger partial charge in [0.15, 0.2) is 17.0 Å². The molecule has 3 heterocycles. The summed E-state index contributed by atoms with van der Waals surface area (Å²) in [6.45, 7) is 4.79. The number of carbonyl (C=O) groups is 3. The zero-order valence-corrected chi connectivity index (χ0v) is 24.4. The number of carbonyl (C=O) groups excluding carboxylic acids is 3. The topological polar surface area (TPSA) is 121 Å². The maximum Gasteiger partial charge on any atom is 0.433 e. The first-order valence-corrected chi connectivity index (χ1v) is 13.6. The van der Waals surface area contributed by atoms with Crippen molar-refractivity contribution in [3.63, 3.8) is 0 Å². The Balaban J connectivity index is 1.81. The zero-order chi connectivity index (χ0) is 30.1. The summed E-state index contributed by atoms with van der Waals surface area (Å²) in [5.41, 5.74) is -1.37. The molecular formula is C26H22BrF3N4O6S. The molecule has 3 aromatic heterocycles. The van der Waals surface area contributed by atoms with Crippen molar-refractivity contribution in [3.8, 4) is 17.0 Å². The lowest BCUT2D eigenvalue weighted by molar-refractivity contribution is -0.142. The van der Waals surface area contributed by atoms with Crippen LogP contribution in [0.4, 0.5) is 18.2 Å². The fourth-order valence-corrected chi connectivity index (χ4v) is 5.45. The van der Waals surface area contributed by atoms with Crippen molar-refractivity contribution in [1.29, 1.82) is 0 Å². The maximum absolute atomic E-state index is 14.1. The van der Waals surface area contributed by atoms with Crippen LogP contribution in [-0.4, -0.2) is 52.8 Å². The van der Waals surface area contributed by atoms with Gasteiger partial charge in [0.25, 0.3) is 5.91 Å². The quantitative estimate of drug-likeness (QED) is 0.224. The molecule has 15 heteroatoms. The van der Waals surface area contributed by atoms with E-state index in [1.54, 1.807) is 38.1 Å². The highest BCUT2D eigenvalue weighted by Gasteiger charge is 2.37. The summed E-state index contributed by atoms with van der Waals surface area (Å²) in [5, 5.41) is 6.32.